The van der Waals surface area contributed by atoms with Crippen molar-refractivity contribution < 1.29 is 23.9 Å². The minimum Gasteiger partial charge on any atom is -0.444 e. The van der Waals surface area contributed by atoms with Crippen molar-refractivity contribution in [2.45, 2.75) is 84.9 Å². The fraction of sp³-hybridized carbons (Fsp3) is 0.556. The van der Waals surface area contributed by atoms with Gasteiger partial charge in [-0.15, -0.1) is 6.58 Å². The highest BCUT2D eigenvalue weighted by molar-refractivity contribution is 5.94. The number of nitrogens with one attached hydrogen (secondary N) is 2. The van der Waals surface area contributed by atoms with Crippen molar-refractivity contribution in [2.24, 2.45) is 5.73 Å². The molecule has 0 spiro atoms. The summed E-state index contributed by atoms with van der Waals surface area (Å²) in [6, 6.07) is 3.29. The molecule has 2 atom stereocenters. The lowest BCUT2D eigenvalue weighted by Crippen LogP contribution is -2.54. The normalized spacial score (nSPS) is 12.7. The number of hydrogen-bond acceptors (Lipinski definition) is 5. The van der Waals surface area contributed by atoms with Gasteiger partial charge in [-0.1, -0.05) is 49.6 Å². The van der Waals surface area contributed by atoms with Crippen LogP contribution in [-0.2, 0) is 19.1 Å². The summed E-state index contributed by atoms with van der Waals surface area (Å²) in [5, 5.41) is 5.39. The predicted molar refractivity (Wildman–Crippen MR) is 140 cm³/mol. The maximum Gasteiger partial charge on any atom is 0.408 e. The van der Waals surface area contributed by atoms with Crippen LogP contribution in [-0.4, -0.2) is 53.4 Å². The van der Waals surface area contributed by atoms with Crippen molar-refractivity contribution in [2.75, 3.05) is 13.1 Å². The summed E-state index contributed by atoms with van der Waals surface area (Å²) in [7, 11) is 0. The minimum absolute atomic E-state index is 0.00442. The van der Waals surface area contributed by atoms with Gasteiger partial charge < -0.3 is 26.0 Å². The lowest BCUT2D eigenvalue weighted by molar-refractivity contribution is -0.142. The topological polar surface area (TPSA) is 131 Å². The zero-order valence-electron chi connectivity index (χ0n) is 22.5. The highest BCUT2D eigenvalue weighted by Gasteiger charge is 2.37. The van der Waals surface area contributed by atoms with Crippen LogP contribution in [0.25, 0.3) is 0 Å². The monoisotopic (exact) mass is 502 g/mol. The van der Waals surface area contributed by atoms with E-state index in [2.05, 4.69) is 24.1 Å². The molecule has 9 heteroatoms. The van der Waals surface area contributed by atoms with Crippen molar-refractivity contribution in [3.63, 3.8) is 0 Å². The largest absolute Gasteiger partial charge is 0.444 e. The number of nitrogens with zero attached hydrogens (tertiary/aromatic N) is 1. The standard InChI is InChI=1S/C27H42N4O5/c1-8-10-11-14-29-24(33)23(20-13-12-18(3)16-19(20)4)31(15-9-2)25(34)21(17-22(28)32)30-26(35)36-27(5,6)7/h9,12-13,16,21,23H,2,8,10-11,14-15,17H2,1,3-7H3,(H2,28,32)(H,29,33)(H,30,35). The number of nitrogens with two attached hydrogens (primary N) is 1. The third kappa shape index (κ3) is 10.1. The first-order valence-corrected chi connectivity index (χ1v) is 12.3. The second-order valence-electron chi connectivity index (χ2n) is 9.91. The SMILES string of the molecule is C=CCN(C(=O)C(CC(N)=O)NC(=O)OC(C)(C)C)C(C(=O)NCCCCC)c1ccc(C)cc1C. The number of aryl methyl sites for hydroxylation is 2. The highest BCUT2D eigenvalue weighted by atomic mass is 16.6. The Balaban J connectivity index is 3.44. The summed E-state index contributed by atoms with van der Waals surface area (Å²) >= 11 is 0. The third-order valence-electron chi connectivity index (χ3n) is 5.36. The van der Waals surface area contributed by atoms with E-state index in [4.69, 9.17) is 10.5 Å². The molecule has 0 aliphatic rings. The number of alkyl carbamates (subject to hydrolysis) is 1. The van der Waals surface area contributed by atoms with Crippen LogP contribution in [0.5, 0.6) is 0 Å². The molecule has 2 unspecified atom stereocenters. The summed E-state index contributed by atoms with van der Waals surface area (Å²) in [4.78, 5) is 52.8. The van der Waals surface area contributed by atoms with Crippen LogP contribution in [0.3, 0.4) is 0 Å². The van der Waals surface area contributed by atoms with E-state index in [1.54, 1.807) is 20.8 Å². The van der Waals surface area contributed by atoms with Crippen molar-refractivity contribution in [1.82, 2.24) is 15.5 Å². The van der Waals surface area contributed by atoms with Gasteiger partial charge in [0.05, 0.1) is 6.42 Å². The molecule has 0 heterocycles. The van der Waals surface area contributed by atoms with E-state index >= 15 is 0 Å². The van der Waals surface area contributed by atoms with Crippen molar-refractivity contribution in [3.05, 3.63) is 47.5 Å². The summed E-state index contributed by atoms with van der Waals surface area (Å²) in [6.45, 7) is 15.1. The second kappa shape index (κ2) is 14.3. The van der Waals surface area contributed by atoms with E-state index in [-0.39, 0.29) is 12.5 Å². The third-order valence-corrected chi connectivity index (χ3v) is 5.36. The number of amides is 4. The van der Waals surface area contributed by atoms with E-state index < -0.39 is 42.0 Å². The van der Waals surface area contributed by atoms with Crippen molar-refractivity contribution >= 4 is 23.8 Å². The summed E-state index contributed by atoms with van der Waals surface area (Å²) in [5.74, 6) is -1.79. The summed E-state index contributed by atoms with van der Waals surface area (Å²) in [5.41, 5.74) is 7.06. The predicted octanol–water partition coefficient (Wildman–Crippen LogP) is 3.43. The molecule has 0 radical (unpaired) electrons. The molecule has 0 aromatic heterocycles. The van der Waals surface area contributed by atoms with Crippen LogP contribution < -0.4 is 16.4 Å². The number of carbonyl (C=O) groups is 4. The lowest BCUT2D eigenvalue weighted by atomic mass is 9.96. The number of hydrogen-bond donors (Lipinski definition) is 3. The Kier molecular flexibility index (Phi) is 12.1. The van der Waals surface area contributed by atoms with Gasteiger partial charge in [-0.25, -0.2) is 4.79 Å². The average Bonchev–Trinajstić information content (AvgIpc) is 2.75. The van der Waals surface area contributed by atoms with E-state index in [0.29, 0.717) is 12.1 Å². The lowest BCUT2D eigenvalue weighted by Gasteiger charge is -2.34. The molecule has 0 saturated carbocycles. The van der Waals surface area contributed by atoms with Crippen molar-refractivity contribution in [3.8, 4) is 0 Å². The summed E-state index contributed by atoms with van der Waals surface area (Å²) < 4.78 is 5.27. The zero-order valence-corrected chi connectivity index (χ0v) is 22.5. The van der Waals surface area contributed by atoms with Crippen LogP contribution in [0, 0.1) is 13.8 Å². The van der Waals surface area contributed by atoms with Crippen LogP contribution in [0.1, 0.15) is 76.1 Å². The Morgan fingerprint density at radius 2 is 1.83 bits per heavy atom. The van der Waals surface area contributed by atoms with Gasteiger partial charge in [-0.2, -0.15) is 0 Å². The molecule has 9 nitrogen and oxygen atoms in total. The second-order valence-corrected chi connectivity index (χ2v) is 9.91. The Labute approximate surface area is 214 Å². The Morgan fingerprint density at radius 1 is 1.17 bits per heavy atom. The van der Waals surface area contributed by atoms with Gasteiger partial charge in [0.1, 0.15) is 17.7 Å². The fourth-order valence-corrected chi connectivity index (χ4v) is 3.78. The molecular weight excluding hydrogens is 460 g/mol. The van der Waals surface area contributed by atoms with E-state index in [1.165, 1.54) is 11.0 Å². The molecule has 0 bridgehead atoms. The first kappa shape index (κ1) is 30.7. The van der Waals surface area contributed by atoms with Gasteiger partial charge in [0.25, 0.3) is 0 Å². The Hall–Kier alpha value is -3.36. The Bertz CT molecular complexity index is 939. The van der Waals surface area contributed by atoms with Crippen LogP contribution >= 0.6 is 0 Å². The number of ether oxygens (including phenoxy) is 1. The molecule has 0 fully saturated rings. The zero-order chi connectivity index (χ0) is 27.5. The molecule has 0 aliphatic heterocycles. The molecule has 4 amide bonds. The molecule has 4 N–H and O–H groups in total. The molecule has 0 aliphatic carbocycles. The highest BCUT2D eigenvalue weighted by Crippen LogP contribution is 2.27. The maximum absolute atomic E-state index is 13.8. The van der Waals surface area contributed by atoms with Gasteiger partial charge in [0.15, 0.2) is 0 Å². The molecule has 1 aromatic rings. The van der Waals surface area contributed by atoms with E-state index in [9.17, 15) is 19.2 Å². The molecule has 200 valence electrons. The minimum atomic E-state index is -1.32. The number of rotatable bonds is 13. The first-order chi connectivity index (χ1) is 16.8. The average molecular weight is 503 g/mol. The number of carbonyl (C=O) groups excluding carboxylic acids is 4. The van der Waals surface area contributed by atoms with E-state index in [0.717, 1.165) is 30.4 Å². The van der Waals surface area contributed by atoms with Crippen LogP contribution in [0.15, 0.2) is 30.9 Å². The van der Waals surface area contributed by atoms with Crippen LogP contribution in [0.4, 0.5) is 4.79 Å². The van der Waals surface area contributed by atoms with Gasteiger partial charge in [-0.3, -0.25) is 14.4 Å². The Morgan fingerprint density at radius 3 is 2.36 bits per heavy atom. The van der Waals surface area contributed by atoms with Gasteiger partial charge in [-0.05, 0) is 52.2 Å². The number of unbranched alkanes of at least 4 members (excludes halogenated alkanes) is 2. The fourth-order valence-electron chi connectivity index (χ4n) is 3.78. The van der Waals surface area contributed by atoms with Gasteiger partial charge in [0, 0.05) is 13.1 Å². The number of primary amides is 1. The molecule has 1 rings (SSSR count). The maximum atomic E-state index is 13.8. The van der Waals surface area contributed by atoms with Gasteiger partial charge in [0.2, 0.25) is 17.7 Å². The number of benzene rings is 1. The molecular formula is C27H42N4O5. The van der Waals surface area contributed by atoms with Crippen LogP contribution in [0.2, 0.25) is 0 Å². The van der Waals surface area contributed by atoms with Crippen molar-refractivity contribution in [1.29, 1.82) is 0 Å². The molecule has 36 heavy (non-hydrogen) atoms. The summed E-state index contributed by atoms with van der Waals surface area (Å²) in [6.07, 6.45) is 2.94. The van der Waals surface area contributed by atoms with E-state index in [1.807, 2.05) is 32.0 Å². The first-order valence-electron chi connectivity index (χ1n) is 12.3. The molecule has 1 aromatic carbocycles. The smallest absolute Gasteiger partial charge is 0.408 e. The quantitative estimate of drug-likeness (QED) is 0.281. The molecule has 0 saturated heterocycles. The van der Waals surface area contributed by atoms with Gasteiger partial charge >= 0.3 is 6.09 Å².